The molecule has 1 unspecified atom stereocenters. The van der Waals surface area contributed by atoms with Crippen molar-refractivity contribution in [1.29, 1.82) is 0 Å². The van der Waals surface area contributed by atoms with E-state index in [1.807, 2.05) is 18.2 Å². The highest BCUT2D eigenvalue weighted by atomic mass is 32.2. The quantitative estimate of drug-likeness (QED) is 0.364. The summed E-state index contributed by atoms with van der Waals surface area (Å²) in [5, 5.41) is 4.34. The summed E-state index contributed by atoms with van der Waals surface area (Å²) in [5.41, 5.74) is 2.18. The number of anilines is 1. The molecule has 180 valence electrons. The molecule has 3 heterocycles. The van der Waals surface area contributed by atoms with Crippen LogP contribution >= 0.6 is 0 Å². The molecule has 35 heavy (non-hydrogen) atoms. The van der Waals surface area contributed by atoms with E-state index in [0.29, 0.717) is 27.7 Å². The summed E-state index contributed by atoms with van der Waals surface area (Å²) in [6, 6.07) is 11.7. The Balaban J connectivity index is 1.47. The maximum atomic E-state index is 14.4. The van der Waals surface area contributed by atoms with Gasteiger partial charge in [-0.05, 0) is 67.6 Å². The van der Waals surface area contributed by atoms with Gasteiger partial charge >= 0.3 is 0 Å². The van der Waals surface area contributed by atoms with Gasteiger partial charge in [-0.1, -0.05) is 12.5 Å². The Morgan fingerprint density at radius 1 is 1.03 bits per heavy atom. The smallest absolute Gasteiger partial charge is 0.241 e. The molecule has 2 N–H and O–H groups in total. The van der Waals surface area contributed by atoms with Gasteiger partial charge in [0, 0.05) is 41.2 Å². The second kappa shape index (κ2) is 9.67. The predicted molar refractivity (Wildman–Crippen MR) is 133 cm³/mol. The van der Waals surface area contributed by atoms with Crippen molar-refractivity contribution in [3.8, 4) is 0 Å². The first-order chi connectivity index (χ1) is 16.9. The van der Waals surface area contributed by atoms with E-state index in [2.05, 4.69) is 25.0 Å². The van der Waals surface area contributed by atoms with Crippen LogP contribution < -0.4 is 10.0 Å². The fourth-order valence-electron chi connectivity index (χ4n) is 4.41. The van der Waals surface area contributed by atoms with Gasteiger partial charge in [0.25, 0.3) is 0 Å². The molecule has 1 aromatic carbocycles. The van der Waals surface area contributed by atoms with Crippen molar-refractivity contribution in [2.75, 3.05) is 5.32 Å². The van der Waals surface area contributed by atoms with E-state index < -0.39 is 10.0 Å². The number of nitrogens with one attached hydrogen (secondary N) is 2. The monoisotopic (exact) mass is 491 g/mol. The molecule has 0 aliphatic heterocycles. The van der Waals surface area contributed by atoms with Gasteiger partial charge in [-0.3, -0.25) is 15.0 Å². The number of aryl methyl sites for hydroxylation is 1. The summed E-state index contributed by atoms with van der Waals surface area (Å²) in [4.78, 5) is 12.9. The molecule has 0 amide bonds. The van der Waals surface area contributed by atoms with E-state index in [9.17, 15) is 12.8 Å². The van der Waals surface area contributed by atoms with E-state index in [4.69, 9.17) is 0 Å². The number of rotatable bonds is 8. The minimum absolute atomic E-state index is 0.158. The molecule has 1 fully saturated rings. The molecule has 1 aliphatic rings. The molecule has 0 bridgehead atoms. The van der Waals surface area contributed by atoms with Gasteiger partial charge < -0.3 is 5.32 Å². The third-order valence-electron chi connectivity index (χ3n) is 6.58. The Bertz CT molecular complexity index is 1460. The highest BCUT2D eigenvalue weighted by molar-refractivity contribution is 7.89. The Morgan fingerprint density at radius 2 is 1.89 bits per heavy atom. The average molecular weight is 492 g/mol. The van der Waals surface area contributed by atoms with E-state index in [1.54, 1.807) is 56.0 Å². The number of hydrogen-bond donors (Lipinski definition) is 2. The summed E-state index contributed by atoms with van der Waals surface area (Å²) in [6.45, 7) is 1.85. The molecule has 0 radical (unpaired) electrons. The first-order valence-electron chi connectivity index (χ1n) is 11.6. The fourth-order valence-corrected chi connectivity index (χ4v) is 5.90. The molecular weight excluding hydrogens is 465 g/mol. The number of benzene rings is 1. The molecule has 5 rings (SSSR count). The molecule has 0 spiro atoms. The molecule has 1 aliphatic carbocycles. The largest absolute Gasteiger partial charge is 0.379 e. The molecular formula is C26H26FN5O2S. The molecule has 0 saturated heterocycles. The van der Waals surface area contributed by atoms with Crippen molar-refractivity contribution in [3.63, 3.8) is 0 Å². The van der Waals surface area contributed by atoms with E-state index >= 15 is 0 Å². The molecule has 1 saturated carbocycles. The van der Waals surface area contributed by atoms with Crippen LogP contribution in [-0.4, -0.2) is 23.4 Å². The van der Waals surface area contributed by atoms with Crippen molar-refractivity contribution in [3.05, 3.63) is 90.0 Å². The van der Waals surface area contributed by atoms with Crippen molar-refractivity contribution < 1.29 is 12.8 Å². The van der Waals surface area contributed by atoms with Gasteiger partial charge in [0.15, 0.2) is 0 Å². The molecule has 9 heteroatoms. The Morgan fingerprint density at radius 3 is 2.63 bits per heavy atom. The van der Waals surface area contributed by atoms with Crippen molar-refractivity contribution in [1.82, 2.24) is 19.7 Å². The minimum Gasteiger partial charge on any atom is -0.379 e. The number of pyridine rings is 3. The molecule has 4 aromatic rings. The summed E-state index contributed by atoms with van der Waals surface area (Å²) >= 11 is 0. The average Bonchev–Trinajstić information content (AvgIpc) is 2.83. The van der Waals surface area contributed by atoms with Gasteiger partial charge in [0.05, 0.1) is 28.9 Å². The van der Waals surface area contributed by atoms with Crippen LogP contribution in [0.25, 0.3) is 10.8 Å². The number of halogens is 1. The zero-order chi connectivity index (χ0) is 24.4. The van der Waals surface area contributed by atoms with Crippen molar-refractivity contribution in [2.24, 2.45) is 5.92 Å². The van der Waals surface area contributed by atoms with Gasteiger partial charge in [-0.2, -0.15) is 0 Å². The Hall–Kier alpha value is -3.43. The van der Waals surface area contributed by atoms with Gasteiger partial charge in [-0.15, -0.1) is 0 Å². The van der Waals surface area contributed by atoms with Crippen molar-refractivity contribution in [2.45, 2.75) is 43.7 Å². The topological polar surface area (TPSA) is 96.9 Å². The second-order valence-electron chi connectivity index (χ2n) is 8.82. The van der Waals surface area contributed by atoms with Crippen LogP contribution in [0, 0.1) is 18.7 Å². The highest BCUT2D eigenvalue weighted by Crippen LogP contribution is 2.38. The number of sulfonamides is 1. The zero-order valence-electron chi connectivity index (χ0n) is 19.3. The summed E-state index contributed by atoms with van der Waals surface area (Å²) < 4.78 is 44.5. The van der Waals surface area contributed by atoms with Crippen LogP contribution in [0.3, 0.4) is 0 Å². The number of hydrogen-bond acceptors (Lipinski definition) is 6. The minimum atomic E-state index is -3.87. The first kappa shape index (κ1) is 23.3. The van der Waals surface area contributed by atoms with Gasteiger partial charge in [-0.25, -0.2) is 17.5 Å². The Labute approximate surface area is 203 Å². The third kappa shape index (κ3) is 4.74. The summed E-state index contributed by atoms with van der Waals surface area (Å²) in [7, 11) is -3.87. The van der Waals surface area contributed by atoms with Gasteiger partial charge in [0.1, 0.15) is 5.82 Å². The highest BCUT2D eigenvalue weighted by Gasteiger charge is 2.33. The van der Waals surface area contributed by atoms with E-state index in [0.717, 1.165) is 25.0 Å². The third-order valence-corrected chi connectivity index (χ3v) is 8.08. The van der Waals surface area contributed by atoms with Crippen LogP contribution in [0.2, 0.25) is 0 Å². The zero-order valence-corrected chi connectivity index (χ0v) is 20.1. The van der Waals surface area contributed by atoms with Crippen molar-refractivity contribution >= 4 is 26.5 Å². The lowest BCUT2D eigenvalue weighted by molar-refractivity contribution is 0.247. The lowest BCUT2D eigenvalue weighted by Crippen LogP contribution is -2.36. The second-order valence-corrected chi connectivity index (χ2v) is 10.5. The number of nitrogens with zero attached hydrogens (tertiary/aromatic N) is 3. The Kier molecular flexibility index (Phi) is 6.44. The molecule has 3 aromatic heterocycles. The fraction of sp³-hybridized carbons (Fsp3) is 0.269. The maximum Gasteiger partial charge on any atom is 0.241 e. The predicted octanol–water partition coefficient (Wildman–Crippen LogP) is 4.90. The lowest BCUT2D eigenvalue weighted by Gasteiger charge is -2.33. The van der Waals surface area contributed by atoms with Crippen LogP contribution in [-0.2, 0) is 16.6 Å². The maximum absolute atomic E-state index is 14.4. The number of fused-ring (bicyclic) bond motifs is 1. The summed E-state index contributed by atoms with van der Waals surface area (Å²) in [6.07, 6.45) is 9.43. The standard InChI is InChI=1S/C26H26FN5O2S/c1-17-10-14-30-23(25(17)27)16-31-21-8-9-24(19-11-13-28-15-20(19)21)35(33,34)32-26(18-5-4-6-18)22-7-2-3-12-29-22/h2-3,7-15,18,26,31-32H,4-6,16H2,1H3. The van der Waals surface area contributed by atoms with Crippen LogP contribution in [0.1, 0.15) is 42.3 Å². The first-order valence-corrected chi connectivity index (χ1v) is 13.1. The van der Waals surface area contributed by atoms with Crippen LogP contribution in [0.5, 0.6) is 0 Å². The molecule has 1 atom stereocenters. The van der Waals surface area contributed by atoms with Gasteiger partial charge in [0.2, 0.25) is 10.0 Å². The normalized spacial score (nSPS) is 15.0. The summed E-state index contributed by atoms with van der Waals surface area (Å²) in [5.74, 6) is -0.146. The molecule has 7 nitrogen and oxygen atoms in total. The van der Waals surface area contributed by atoms with E-state index in [1.165, 1.54) is 0 Å². The van der Waals surface area contributed by atoms with Crippen LogP contribution in [0.15, 0.2) is 72.1 Å². The SMILES string of the molecule is Cc1ccnc(CNc2ccc(S(=O)(=O)NC(c3ccccn3)C3CCC3)c3ccncc23)c1F. The van der Waals surface area contributed by atoms with E-state index in [-0.39, 0.29) is 29.2 Å². The lowest BCUT2D eigenvalue weighted by atomic mass is 9.79. The number of aromatic nitrogens is 3. The van der Waals surface area contributed by atoms with Crippen LogP contribution in [0.4, 0.5) is 10.1 Å².